The third-order valence-electron chi connectivity index (χ3n) is 3.01. The number of ether oxygens (including phenoxy) is 1. The Morgan fingerprint density at radius 3 is 3.11 bits per heavy atom. The van der Waals surface area contributed by atoms with Crippen LogP contribution in [0.1, 0.15) is 12.5 Å². The van der Waals surface area contributed by atoms with E-state index < -0.39 is 0 Å². The van der Waals surface area contributed by atoms with Gasteiger partial charge in [0, 0.05) is 12.2 Å². The van der Waals surface area contributed by atoms with E-state index in [1.54, 1.807) is 10.7 Å². The van der Waals surface area contributed by atoms with Crippen molar-refractivity contribution in [3.05, 3.63) is 23.2 Å². The van der Waals surface area contributed by atoms with Crippen molar-refractivity contribution in [2.75, 3.05) is 18.9 Å². The van der Waals surface area contributed by atoms with Crippen LogP contribution in [0.3, 0.4) is 0 Å². The van der Waals surface area contributed by atoms with Crippen LogP contribution in [0.5, 0.6) is 0 Å². The first-order valence-electron chi connectivity index (χ1n) is 5.67. The van der Waals surface area contributed by atoms with E-state index in [0.717, 1.165) is 18.6 Å². The highest BCUT2D eigenvalue weighted by Crippen LogP contribution is 2.32. The quantitative estimate of drug-likeness (QED) is 0.833. The summed E-state index contributed by atoms with van der Waals surface area (Å²) in [6.07, 6.45) is 0.901. The van der Waals surface area contributed by atoms with Crippen LogP contribution in [0.4, 0.5) is 5.69 Å². The van der Waals surface area contributed by atoms with Gasteiger partial charge in [-0.05, 0) is 29.0 Å². The Morgan fingerprint density at radius 2 is 2.33 bits per heavy atom. The van der Waals surface area contributed by atoms with Crippen molar-refractivity contribution in [1.82, 2.24) is 20.2 Å². The lowest BCUT2D eigenvalue weighted by atomic mass is 10.1. The van der Waals surface area contributed by atoms with E-state index in [1.807, 2.05) is 12.1 Å². The largest absolute Gasteiger partial charge is 0.398 e. The number of anilines is 1. The summed E-state index contributed by atoms with van der Waals surface area (Å²) in [5.74, 6) is 0.628. The van der Waals surface area contributed by atoms with Gasteiger partial charge in [0.2, 0.25) is 0 Å². The van der Waals surface area contributed by atoms with E-state index in [4.69, 9.17) is 22.1 Å². The van der Waals surface area contributed by atoms with Gasteiger partial charge >= 0.3 is 0 Å². The molecule has 1 aliphatic heterocycles. The smallest absolute Gasteiger partial charge is 0.183 e. The predicted molar refractivity (Wildman–Crippen MR) is 67.1 cm³/mol. The summed E-state index contributed by atoms with van der Waals surface area (Å²) in [5, 5.41) is 12.3. The number of nitrogen functional groups attached to an aromatic ring is 1. The molecule has 2 aromatic rings. The van der Waals surface area contributed by atoms with Crippen LogP contribution in [-0.2, 0) is 4.74 Å². The van der Waals surface area contributed by atoms with E-state index in [-0.39, 0.29) is 6.04 Å². The van der Waals surface area contributed by atoms with Crippen molar-refractivity contribution >= 4 is 17.3 Å². The Kier molecular flexibility index (Phi) is 2.89. The summed E-state index contributed by atoms with van der Waals surface area (Å²) >= 11 is 6.20. The number of tetrazole rings is 1. The van der Waals surface area contributed by atoms with Gasteiger partial charge in [-0.1, -0.05) is 17.7 Å². The fourth-order valence-electron chi connectivity index (χ4n) is 2.05. The molecule has 1 fully saturated rings. The van der Waals surface area contributed by atoms with Crippen molar-refractivity contribution in [3.63, 3.8) is 0 Å². The minimum Gasteiger partial charge on any atom is -0.398 e. The molecule has 1 aromatic carbocycles. The van der Waals surface area contributed by atoms with Gasteiger partial charge in [-0.25, -0.2) is 4.68 Å². The fourth-order valence-corrected chi connectivity index (χ4v) is 2.26. The average Bonchev–Trinajstić information content (AvgIpc) is 3.01. The van der Waals surface area contributed by atoms with Crippen molar-refractivity contribution in [2.24, 2.45) is 0 Å². The van der Waals surface area contributed by atoms with Crippen LogP contribution in [-0.4, -0.2) is 33.4 Å². The van der Waals surface area contributed by atoms with Crippen molar-refractivity contribution in [2.45, 2.75) is 12.5 Å². The van der Waals surface area contributed by atoms with Crippen LogP contribution in [0.15, 0.2) is 18.2 Å². The molecule has 1 saturated heterocycles. The maximum atomic E-state index is 6.20. The fraction of sp³-hybridized carbons (Fsp3) is 0.364. The molecule has 1 atom stereocenters. The molecule has 6 nitrogen and oxygen atoms in total. The Hall–Kier alpha value is -1.66. The molecule has 1 aromatic heterocycles. The maximum Gasteiger partial charge on any atom is 0.183 e. The molecular formula is C11H12ClN5O. The summed E-state index contributed by atoms with van der Waals surface area (Å²) in [6.45, 7) is 1.35. The SMILES string of the molecule is Nc1cccc(-c2nnnn2C2CCOC2)c1Cl. The average molecular weight is 266 g/mol. The number of rotatable bonds is 2. The molecule has 1 aliphatic rings. The first-order valence-corrected chi connectivity index (χ1v) is 6.05. The van der Waals surface area contributed by atoms with Gasteiger partial charge in [-0.3, -0.25) is 0 Å². The van der Waals surface area contributed by atoms with Crippen molar-refractivity contribution in [3.8, 4) is 11.4 Å². The van der Waals surface area contributed by atoms with Gasteiger partial charge in [-0.2, -0.15) is 0 Å². The Bertz CT molecular complexity index is 564. The molecule has 0 radical (unpaired) electrons. The van der Waals surface area contributed by atoms with Gasteiger partial charge in [0.25, 0.3) is 0 Å². The minimum absolute atomic E-state index is 0.160. The first-order chi connectivity index (χ1) is 8.77. The minimum atomic E-state index is 0.160. The second-order valence-corrected chi connectivity index (χ2v) is 4.55. The summed E-state index contributed by atoms with van der Waals surface area (Å²) in [5.41, 5.74) is 7.06. The lowest BCUT2D eigenvalue weighted by molar-refractivity contribution is 0.184. The van der Waals surface area contributed by atoms with Gasteiger partial charge in [0.15, 0.2) is 5.82 Å². The second kappa shape index (κ2) is 4.55. The predicted octanol–water partition coefficient (Wildman–Crippen LogP) is 1.54. The third-order valence-corrected chi connectivity index (χ3v) is 3.44. The molecule has 2 N–H and O–H groups in total. The molecule has 0 amide bonds. The summed E-state index contributed by atoms with van der Waals surface area (Å²) in [6, 6.07) is 5.60. The molecule has 94 valence electrons. The monoisotopic (exact) mass is 265 g/mol. The van der Waals surface area contributed by atoms with E-state index in [1.165, 1.54) is 0 Å². The van der Waals surface area contributed by atoms with Crippen LogP contribution in [0, 0.1) is 0 Å². The molecule has 7 heteroatoms. The second-order valence-electron chi connectivity index (χ2n) is 4.17. The first kappa shape index (κ1) is 11.4. The third kappa shape index (κ3) is 1.83. The van der Waals surface area contributed by atoms with Crippen LogP contribution in [0.2, 0.25) is 5.02 Å². The topological polar surface area (TPSA) is 78.9 Å². The molecule has 0 bridgehead atoms. The lowest BCUT2D eigenvalue weighted by Gasteiger charge is -2.11. The standard InChI is InChI=1S/C11H12ClN5O/c12-10-8(2-1-3-9(10)13)11-14-15-16-17(11)7-4-5-18-6-7/h1-3,7H,4-6,13H2. The normalized spacial score (nSPS) is 19.3. The van der Waals surface area contributed by atoms with Crippen molar-refractivity contribution < 1.29 is 4.74 Å². The molecule has 2 heterocycles. The van der Waals surface area contributed by atoms with Crippen LogP contribution in [0.25, 0.3) is 11.4 Å². The zero-order valence-corrected chi connectivity index (χ0v) is 10.3. The molecule has 3 rings (SSSR count). The Labute approximate surface area is 109 Å². The zero-order chi connectivity index (χ0) is 12.5. The van der Waals surface area contributed by atoms with E-state index >= 15 is 0 Å². The molecule has 0 spiro atoms. The van der Waals surface area contributed by atoms with Crippen LogP contribution < -0.4 is 5.73 Å². The van der Waals surface area contributed by atoms with Gasteiger partial charge in [-0.15, -0.1) is 5.10 Å². The Morgan fingerprint density at radius 1 is 1.44 bits per heavy atom. The molecule has 1 unspecified atom stereocenters. The van der Waals surface area contributed by atoms with Gasteiger partial charge in [0.1, 0.15) is 0 Å². The lowest BCUT2D eigenvalue weighted by Crippen LogP contribution is -2.12. The number of hydrogen-bond acceptors (Lipinski definition) is 5. The highest BCUT2D eigenvalue weighted by atomic mass is 35.5. The number of aromatic nitrogens is 4. The molecule has 18 heavy (non-hydrogen) atoms. The number of nitrogens with zero attached hydrogens (tertiary/aromatic N) is 4. The number of halogens is 1. The van der Waals surface area contributed by atoms with Gasteiger partial charge in [0.05, 0.1) is 23.4 Å². The van der Waals surface area contributed by atoms with Crippen LogP contribution >= 0.6 is 11.6 Å². The summed E-state index contributed by atoms with van der Waals surface area (Å²) < 4.78 is 7.11. The number of hydrogen-bond donors (Lipinski definition) is 1. The summed E-state index contributed by atoms with van der Waals surface area (Å²) in [7, 11) is 0. The van der Waals surface area contributed by atoms with Gasteiger partial charge < -0.3 is 10.5 Å². The van der Waals surface area contributed by atoms with E-state index in [0.29, 0.717) is 23.1 Å². The zero-order valence-electron chi connectivity index (χ0n) is 9.58. The maximum absolute atomic E-state index is 6.20. The molecule has 0 aliphatic carbocycles. The van der Waals surface area contributed by atoms with E-state index in [9.17, 15) is 0 Å². The summed E-state index contributed by atoms with van der Waals surface area (Å²) in [4.78, 5) is 0. The highest BCUT2D eigenvalue weighted by molar-refractivity contribution is 6.35. The highest BCUT2D eigenvalue weighted by Gasteiger charge is 2.24. The number of benzene rings is 1. The van der Waals surface area contributed by atoms with Crippen molar-refractivity contribution in [1.29, 1.82) is 0 Å². The van der Waals surface area contributed by atoms with E-state index in [2.05, 4.69) is 15.5 Å². The molecular weight excluding hydrogens is 254 g/mol. The molecule has 0 saturated carbocycles. The number of nitrogens with two attached hydrogens (primary N) is 1. The Balaban J connectivity index is 2.06.